The predicted molar refractivity (Wildman–Crippen MR) is 83.9 cm³/mol. The first-order valence-electron chi connectivity index (χ1n) is 8.07. The number of nitrogens with one attached hydrogen (secondary N) is 2. The first kappa shape index (κ1) is 15.5. The van der Waals surface area contributed by atoms with Crippen molar-refractivity contribution in [1.29, 1.82) is 0 Å². The molecule has 0 bridgehead atoms. The van der Waals surface area contributed by atoms with Crippen molar-refractivity contribution in [1.82, 2.24) is 20.2 Å². The number of likely N-dealkylation sites (tertiary alicyclic amines) is 1. The summed E-state index contributed by atoms with van der Waals surface area (Å²) in [6, 6.07) is 2.39. The van der Waals surface area contributed by atoms with Crippen LogP contribution < -0.4 is 5.32 Å². The van der Waals surface area contributed by atoms with E-state index >= 15 is 0 Å². The molecule has 1 aromatic heterocycles. The van der Waals surface area contributed by atoms with Crippen LogP contribution >= 0.6 is 0 Å². The van der Waals surface area contributed by atoms with Crippen molar-refractivity contribution in [2.45, 2.75) is 71.0 Å². The van der Waals surface area contributed by atoms with Crippen LogP contribution in [0, 0.1) is 0 Å². The molecule has 2 fully saturated rings. The molecule has 2 unspecified atom stereocenters. The SMILES string of the molecule is CC(C)N1CCCC2NCCC21.CC(C)c1cnc[nH]1. The molecular weight excluding hydrogens is 248 g/mol. The number of nitrogens with zero attached hydrogens (tertiary/aromatic N) is 2. The van der Waals surface area contributed by atoms with Gasteiger partial charge in [0.15, 0.2) is 0 Å². The zero-order valence-electron chi connectivity index (χ0n) is 13.4. The average molecular weight is 278 g/mol. The molecule has 4 heteroatoms. The summed E-state index contributed by atoms with van der Waals surface area (Å²) in [6.45, 7) is 11.5. The van der Waals surface area contributed by atoms with Gasteiger partial charge >= 0.3 is 0 Å². The molecule has 2 saturated heterocycles. The minimum Gasteiger partial charge on any atom is -0.348 e. The number of aromatic amines is 1. The van der Waals surface area contributed by atoms with Gasteiger partial charge < -0.3 is 10.3 Å². The topological polar surface area (TPSA) is 44.0 Å². The Hall–Kier alpha value is -0.870. The number of H-pyrrole nitrogens is 1. The van der Waals surface area contributed by atoms with Crippen molar-refractivity contribution < 1.29 is 0 Å². The van der Waals surface area contributed by atoms with Crippen LogP contribution in [0.15, 0.2) is 12.5 Å². The van der Waals surface area contributed by atoms with Crippen LogP contribution in [0.4, 0.5) is 0 Å². The molecule has 0 spiro atoms. The molecule has 3 heterocycles. The number of imidazole rings is 1. The quantitative estimate of drug-likeness (QED) is 0.874. The molecule has 2 aliphatic heterocycles. The number of rotatable bonds is 2. The van der Waals surface area contributed by atoms with E-state index in [2.05, 4.69) is 47.9 Å². The second-order valence-electron chi connectivity index (χ2n) is 6.55. The van der Waals surface area contributed by atoms with Crippen molar-refractivity contribution >= 4 is 0 Å². The Balaban J connectivity index is 0.000000160. The van der Waals surface area contributed by atoms with Crippen LogP contribution in [-0.2, 0) is 0 Å². The molecule has 2 atom stereocenters. The maximum Gasteiger partial charge on any atom is 0.0921 e. The van der Waals surface area contributed by atoms with Gasteiger partial charge in [0.1, 0.15) is 0 Å². The number of aromatic nitrogens is 2. The summed E-state index contributed by atoms with van der Waals surface area (Å²) in [5.74, 6) is 0.567. The van der Waals surface area contributed by atoms with Crippen LogP contribution in [0.3, 0.4) is 0 Å². The highest BCUT2D eigenvalue weighted by Crippen LogP contribution is 2.25. The molecule has 0 radical (unpaired) electrons. The Labute approximate surface area is 123 Å². The van der Waals surface area contributed by atoms with E-state index < -0.39 is 0 Å². The third-order valence-electron chi connectivity index (χ3n) is 4.47. The minimum atomic E-state index is 0.567. The largest absolute Gasteiger partial charge is 0.348 e. The summed E-state index contributed by atoms with van der Waals surface area (Å²) < 4.78 is 0. The van der Waals surface area contributed by atoms with Gasteiger partial charge in [0, 0.05) is 30.0 Å². The Morgan fingerprint density at radius 2 is 2.05 bits per heavy atom. The van der Waals surface area contributed by atoms with Gasteiger partial charge in [0.25, 0.3) is 0 Å². The predicted octanol–water partition coefficient (Wildman–Crippen LogP) is 2.75. The van der Waals surface area contributed by atoms with Crippen molar-refractivity contribution in [3.8, 4) is 0 Å². The van der Waals surface area contributed by atoms with E-state index in [1.165, 1.54) is 38.0 Å². The van der Waals surface area contributed by atoms with E-state index in [0.717, 1.165) is 18.1 Å². The molecule has 3 rings (SSSR count). The monoisotopic (exact) mass is 278 g/mol. The van der Waals surface area contributed by atoms with Crippen LogP contribution in [-0.4, -0.2) is 46.1 Å². The fourth-order valence-corrected chi connectivity index (χ4v) is 3.33. The highest BCUT2D eigenvalue weighted by atomic mass is 15.2. The summed E-state index contributed by atoms with van der Waals surface area (Å²) in [5, 5.41) is 3.60. The third-order valence-corrected chi connectivity index (χ3v) is 4.47. The number of piperidine rings is 1. The lowest BCUT2D eigenvalue weighted by molar-refractivity contribution is 0.104. The summed E-state index contributed by atoms with van der Waals surface area (Å²) >= 11 is 0. The molecular formula is C16H30N4. The van der Waals surface area contributed by atoms with E-state index in [1.54, 1.807) is 6.33 Å². The lowest BCUT2D eigenvalue weighted by atomic mass is 9.96. The Morgan fingerprint density at radius 3 is 2.60 bits per heavy atom. The fraction of sp³-hybridized carbons (Fsp3) is 0.812. The molecule has 1 aromatic rings. The van der Waals surface area contributed by atoms with Crippen molar-refractivity contribution in [3.05, 3.63) is 18.2 Å². The molecule has 114 valence electrons. The molecule has 0 aliphatic carbocycles. The Morgan fingerprint density at radius 1 is 1.25 bits per heavy atom. The standard InChI is InChI=1S/C10H20N2.C6H10N2/c1-8(2)12-7-3-4-9-10(12)5-6-11-9;1-5(2)6-3-7-4-8-6/h8-11H,3-7H2,1-2H3;3-5H,1-2H3,(H,7,8). The van der Waals surface area contributed by atoms with E-state index in [1.807, 2.05) is 6.20 Å². The maximum atomic E-state index is 3.89. The van der Waals surface area contributed by atoms with Crippen LogP contribution in [0.25, 0.3) is 0 Å². The Kier molecular flexibility index (Phi) is 5.61. The average Bonchev–Trinajstić information content (AvgIpc) is 3.10. The van der Waals surface area contributed by atoms with Gasteiger partial charge in [0.05, 0.1) is 6.33 Å². The first-order chi connectivity index (χ1) is 9.59. The summed E-state index contributed by atoms with van der Waals surface area (Å²) in [6.07, 6.45) is 7.70. The van der Waals surface area contributed by atoms with E-state index in [0.29, 0.717) is 5.92 Å². The summed E-state index contributed by atoms with van der Waals surface area (Å²) in [5.41, 5.74) is 1.20. The molecule has 2 aliphatic rings. The smallest absolute Gasteiger partial charge is 0.0921 e. The molecule has 4 nitrogen and oxygen atoms in total. The lowest BCUT2D eigenvalue weighted by Crippen LogP contribution is -2.51. The number of hydrogen-bond donors (Lipinski definition) is 2. The second kappa shape index (κ2) is 7.23. The second-order valence-corrected chi connectivity index (χ2v) is 6.55. The summed E-state index contributed by atoms with van der Waals surface area (Å²) in [4.78, 5) is 9.59. The summed E-state index contributed by atoms with van der Waals surface area (Å²) in [7, 11) is 0. The Bertz CT molecular complexity index is 372. The number of hydrogen-bond acceptors (Lipinski definition) is 3. The van der Waals surface area contributed by atoms with Crippen molar-refractivity contribution in [2.24, 2.45) is 0 Å². The van der Waals surface area contributed by atoms with Crippen molar-refractivity contribution in [3.63, 3.8) is 0 Å². The van der Waals surface area contributed by atoms with Crippen LogP contribution in [0.5, 0.6) is 0 Å². The zero-order chi connectivity index (χ0) is 14.5. The van der Waals surface area contributed by atoms with Crippen molar-refractivity contribution in [2.75, 3.05) is 13.1 Å². The van der Waals surface area contributed by atoms with Crippen LogP contribution in [0.2, 0.25) is 0 Å². The maximum absolute atomic E-state index is 3.89. The van der Waals surface area contributed by atoms with Gasteiger partial charge in [-0.1, -0.05) is 13.8 Å². The molecule has 0 amide bonds. The highest BCUT2D eigenvalue weighted by molar-refractivity contribution is 4.99. The minimum absolute atomic E-state index is 0.567. The molecule has 0 saturated carbocycles. The van der Waals surface area contributed by atoms with E-state index in [9.17, 15) is 0 Å². The van der Waals surface area contributed by atoms with Gasteiger partial charge in [-0.2, -0.15) is 0 Å². The van der Waals surface area contributed by atoms with Gasteiger partial charge in [-0.25, -0.2) is 4.98 Å². The molecule has 0 aromatic carbocycles. The van der Waals surface area contributed by atoms with E-state index in [-0.39, 0.29) is 0 Å². The van der Waals surface area contributed by atoms with Crippen LogP contribution in [0.1, 0.15) is 58.6 Å². The molecule has 2 N–H and O–H groups in total. The fourth-order valence-electron chi connectivity index (χ4n) is 3.33. The number of fused-ring (bicyclic) bond motifs is 1. The van der Waals surface area contributed by atoms with Gasteiger partial charge in [-0.05, 0) is 52.1 Å². The van der Waals surface area contributed by atoms with Gasteiger partial charge in [-0.3, -0.25) is 4.90 Å². The third kappa shape index (κ3) is 3.83. The zero-order valence-corrected chi connectivity index (χ0v) is 13.4. The van der Waals surface area contributed by atoms with Gasteiger partial charge in [0.2, 0.25) is 0 Å². The highest BCUT2D eigenvalue weighted by Gasteiger charge is 2.35. The van der Waals surface area contributed by atoms with E-state index in [4.69, 9.17) is 0 Å². The molecule has 20 heavy (non-hydrogen) atoms. The van der Waals surface area contributed by atoms with Gasteiger partial charge in [-0.15, -0.1) is 0 Å². The normalized spacial score (nSPS) is 26.5. The lowest BCUT2D eigenvalue weighted by Gasteiger charge is -2.40. The first-order valence-corrected chi connectivity index (χ1v) is 8.07.